The van der Waals surface area contributed by atoms with Crippen molar-refractivity contribution in [3.05, 3.63) is 65.3 Å². The van der Waals surface area contributed by atoms with Crippen molar-refractivity contribution in [2.75, 3.05) is 13.7 Å². The lowest BCUT2D eigenvalue weighted by atomic mass is 10.1. The average Bonchev–Trinajstić information content (AvgIpc) is 2.98. The Labute approximate surface area is 139 Å². The predicted octanol–water partition coefficient (Wildman–Crippen LogP) is 4.16. The first-order valence-electron chi connectivity index (χ1n) is 7.23. The lowest BCUT2D eigenvalue weighted by molar-refractivity contribution is 0.0601. The van der Waals surface area contributed by atoms with E-state index in [0.717, 1.165) is 10.9 Å². The van der Waals surface area contributed by atoms with E-state index in [1.807, 2.05) is 47.2 Å². The van der Waals surface area contributed by atoms with Crippen LogP contribution in [0.1, 0.15) is 10.4 Å². The Morgan fingerprint density at radius 2 is 2.00 bits per heavy atom. The number of hydrogen-bond donors (Lipinski definition) is 0. The number of benzene rings is 2. The number of carbonyl (C=O) groups is 1. The van der Waals surface area contributed by atoms with Gasteiger partial charge in [-0.15, -0.1) is 0 Å². The van der Waals surface area contributed by atoms with Gasteiger partial charge in [0.15, 0.2) is 0 Å². The van der Waals surface area contributed by atoms with Crippen molar-refractivity contribution in [1.29, 1.82) is 0 Å². The second-order valence-electron chi connectivity index (χ2n) is 5.05. The van der Waals surface area contributed by atoms with Crippen LogP contribution < -0.4 is 4.74 Å². The molecule has 3 aromatic rings. The Bertz CT molecular complexity index is 841. The first-order chi connectivity index (χ1) is 11.2. The van der Waals surface area contributed by atoms with Crippen LogP contribution in [0, 0.1) is 0 Å². The molecule has 2 aromatic carbocycles. The summed E-state index contributed by atoms with van der Waals surface area (Å²) in [6, 6.07) is 14.9. The van der Waals surface area contributed by atoms with Crippen LogP contribution in [0.15, 0.2) is 54.7 Å². The number of hydrogen-bond acceptors (Lipinski definition) is 3. The second-order valence-corrected chi connectivity index (χ2v) is 5.46. The number of ether oxygens (including phenoxy) is 2. The summed E-state index contributed by atoms with van der Waals surface area (Å²) in [4.78, 5) is 11.7. The number of methoxy groups -OCH3 is 1. The van der Waals surface area contributed by atoms with Crippen LogP contribution in [-0.4, -0.2) is 24.3 Å². The monoisotopic (exact) mass is 329 g/mol. The maximum Gasteiger partial charge on any atom is 0.337 e. The van der Waals surface area contributed by atoms with Gasteiger partial charge < -0.3 is 14.0 Å². The van der Waals surface area contributed by atoms with E-state index < -0.39 is 0 Å². The summed E-state index contributed by atoms with van der Waals surface area (Å²) in [7, 11) is 1.38. The zero-order chi connectivity index (χ0) is 16.2. The van der Waals surface area contributed by atoms with Crippen molar-refractivity contribution in [1.82, 2.24) is 4.57 Å². The van der Waals surface area contributed by atoms with Crippen molar-refractivity contribution in [3.8, 4) is 5.75 Å². The average molecular weight is 330 g/mol. The zero-order valence-electron chi connectivity index (χ0n) is 12.7. The minimum absolute atomic E-state index is 0.341. The van der Waals surface area contributed by atoms with E-state index in [1.165, 1.54) is 7.11 Å². The van der Waals surface area contributed by atoms with Gasteiger partial charge >= 0.3 is 5.97 Å². The number of nitrogens with zero attached hydrogens (tertiary/aromatic N) is 1. The van der Waals surface area contributed by atoms with E-state index in [2.05, 4.69) is 0 Å². The molecular weight excluding hydrogens is 314 g/mol. The van der Waals surface area contributed by atoms with Gasteiger partial charge in [0.05, 0.1) is 24.2 Å². The van der Waals surface area contributed by atoms with Crippen molar-refractivity contribution in [3.63, 3.8) is 0 Å². The highest BCUT2D eigenvalue weighted by atomic mass is 35.5. The highest BCUT2D eigenvalue weighted by Gasteiger charge is 2.09. The molecule has 1 aromatic heterocycles. The third-order valence-corrected chi connectivity index (χ3v) is 3.93. The molecule has 0 saturated carbocycles. The lowest BCUT2D eigenvalue weighted by Gasteiger charge is -2.10. The summed E-state index contributed by atoms with van der Waals surface area (Å²) in [5.74, 6) is 0.327. The fourth-order valence-corrected chi connectivity index (χ4v) is 2.63. The molecule has 0 bridgehead atoms. The number of halogens is 1. The molecule has 1 heterocycles. The summed E-state index contributed by atoms with van der Waals surface area (Å²) < 4.78 is 12.5. The van der Waals surface area contributed by atoms with Gasteiger partial charge in [-0.2, -0.15) is 0 Å². The van der Waals surface area contributed by atoms with Gasteiger partial charge in [0.2, 0.25) is 0 Å². The molecule has 5 heteroatoms. The van der Waals surface area contributed by atoms with Gasteiger partial charge in [0.25, 0.3) is 0 Å². The summed E-state index contributed by atoms with van der Waals surface area (Å²) in [5, 5.41) is 1.66. The zero-order valence-corrected chi connectivity index (χ0v) is 13.4. The quantitative estimate of drug-likeness (QED) is 0.660. The van der Waals surface area contributed by atoms with Crippen LogP contribution >= 0.6 is 11.6 Å². The summed E-state index contributed by atoms with van der Waals surface area (Å²) in [6.45, 7) is 1.13. The smallest absolute Gasteiger partial charge is 0.337 e. The molecule has 0 amide bonds. The van der Waals surface area contributed by atoms with Gasteiger partial charge in [-0.3, -0.25) is 0 Å². The molecule has 4 nitrogen and oxygen atoms in total. The third kappa shape index (κ3) is 3.32. The Balaban J connectivity index is 1.75. The third-order valence-electron chi connectivity index (χ3n) is 3.62. The SMILES string of the molecule is COC(=O)c1ccc2ccn(CCOc3ccccc3Cl)c2c1. The number of carbonyl (C=O) groups excluding carboxylic acids is 1. The van der Waals surface area contributed by atoms with E-state index in [0.29, 0.717) is 29.5 Å². The van der Waals surface area contributed by atoms with Crippen molar-refractivity contribution >= 4 is 28.5 Å². The molecular formula is C18H16ClNO3. The van der Waals surface area contributed by atoms with E-state index in [4.69, 9.17) is 21.1 Å². The van der Waals surface area contributed by atoms with Crippen LogP contribution in [-0.2, 0) is 11.3 Å². The Morgan fingerprint density at radius 1 is 1.17 bits per heavy atom. The van der Waals surface area contributed by atoms with Crippen molar-refractivity contribution < 1.29 is 14.3 Å². The van der Waals surface area contributed by atoms with Crippen LogP contribution in [0.5, 0.6) is 5.75 Å². The Kier molecular flexibility index (Phi) is 4.53. The minimum Gasteiger partial charge on any atom is -0.490 e. The minimum atomic E-state index is -0.341. The summed E-state index contributed by atoms with van der Waals surface area (Å²) >= 11 is 6.07. The summed E-state index contributed by atoms with van der Waals surface area (Å²) in [6.07, 6.45) is 1.97. The Hall–Kier alpha value is -2.46. The van der Waals surface area contributed by atoms with Gasteiger partial charge in [-0.1, -0.05) is 29.8 Å². The molecule has 0 N–H and O–H groups in total. The normalized spacial score (nSPS) is 10.7. The number of esters is 1. The molecule has 0 radical (unpaired) electrons. The predicted molar refractivity (Wildman–Crippen MR) is 90.2 cm³/mol. The molecule has 118 valence electrons. The first kappa shape index (κ1) is 15.4. The van der Waals surface area contributed by atoms with E-state index in [-0.39, 0.29) is 5.97 Å². The molecule has 0 unspecified atom stereocenters. The van der Waals surface area contributed by atoms with Gasteiger partial charge in [0, 0.05) is 11.7 Å². The Morgan fingerprint density at radius 3 is 2.78 bits per heavy atom. The van der Waals surface area contributed by atoms with Gasteiger partial charge in [-0.05, 0) is 35.7 Å². The van der Waals surface area contributed by atoms with E-state index >= 15 is 0 Å². The van der Waals surface area contributed by atoms with Crippen molar-refractivity contribution in [2.24, 2.45) is 0 Å². The fraction of sp³-hybridized carbons (Fsp3) is 0.167. The number of rotatable bonds is 5. The standard InChI is InChI=1S/C18H16ClNO3/c1-22-18(21)14-7-6-13-8-9-20(16(13)12-14)10-11-23-17-5-3-2-4-15(17)19/h2-9,12H,10-11H2,1H3. The lowest BCUT2D eigenvalue weighted by Crippen LogP contribution is -2.08. The molecule has 0 aliphatic carbocycles. The molecule has 0 aliphatic heterocycles. The molecule has 23 heavy (non-hydrogen) atoms. The second kappa shape index (κ2) is 6.75. The van der Waals surface area contributed by atoms with Crippen LogP contribution in [0.4, 0.5) is 0 Å². The van der Waals surface area contributed by atoms with Crippen molar-refractivity contribution in [2.45, 2.75) is 6.54 Å². The van der Waals surface area contributed by atoms with Crippen LogP contribution in [0.25, 0.3) is 10.9 Å². The molecule has 0 atom stereocenters. The molecule has 0 fully saturated rings. The maximum absolute atomic E-state index is 11.7. The van der Waals surface area contributed by atoms with Gasteiger partial charge in [-0.25, -0.2) is 4.79 Å². The first-order valence-corrected chi connectivity index (χ1v) is 7.61. The van der Waals surface area contributed by atoms with Crippen LogP contribution in [0.3, 0.4) is 0 Å². The highest BCUT2D eigenvalue weighted by molar-refractivity contribution is 6.32. The highest BCUT2D eigenvalue weighted by Crippen LogP contribution is 2.23. The van der Waals surface area contributed by atoms with E-state index in [9.17, 15) is 4.79 Å². The fourth-order valence-electron chi connectivity index (χ4n) is 2.44. The molecule has 0 saturated heterocycles. The molecule has 0 spiro atoms. The van der Waals surface area contributed by atoms with Gasteiger partial charge in [0.1, 0.15) is 12.4 Å². The molecule has 0 aliphatic rings. The molecule has 3 rings (SSSR count). The van der Waals surface area contributed by atoms with Crippen LogP contribution in [0.2, 0.25) is 5.02 Å². The van der Waals surface area contributed by atoms with E-state index in [1.54, 1.807) is 12.1 Å². The number of fused-ring (bicyclic) bond motifs is 1. The summed E-state index contributed by atoms with van der Waals surface area (Å²) in [5.41, 5.74) is 1.50. The maximum atomic E-state index is 11.7. The largest absolute Gasteiger partial charge is 0.490 e. The number of aromatic nitrogens is 1. The topological polar surface area (TPSA) is 40.5 Å². The number of para-hydroxylation sites is 1.